The van der Waals surface area contributed by atoms with Crippen molar-refractivity contribution in [2.75, 3.05) is 19.4 Å². The van der Waals surface area contributed by atoms with Crippen LogP contribution in [0.25, 0.3) is 10.9 Å². The summed E-state index contributed by atoms with van der Waals surface area (Å²) in [6.07, 6.45) is 1.95. The fourth-order valence-electron chi connectivity index (χ4n) is 2.22. The summed E-state index contributed by atoms with van der Waals surface area (Å²) in [6, 6.07) is 9.26. The van der Waals surface area contributed by atoms with Gasteiger partial charge >= 0.3 is 0 Å². The van der Waals surface area contributed by atoms with Crippen molar-refractivity contribution in [2.24, 2.45) is 5.73 Å². The number of fused-ring (bicyclic) bond motifs is 1. The second-order valence-electron chi connectivity index (χ2n) is 6.21. The number of carbonyl (C=O) groups excluding carboxylic acids is 1. The van der Waals surface area contributed by atoms with E-state index in [9.17, 15) is 4.79 Å². The fourth-order valence-corrected chi connectivity index (χ4v) is 2.58. The zero-order chi connectivity index (χ0) is 17.7. The highest BCUT2D eigenvalue weighted by Crippen LogP contribution is 2.25. The lowest BCUT2D eigenvalue weighted by Crippen LogP contribution is -2.52. The smallest absolute Gasteiger partial charge is 0.238 e. The number of nitrogens with one attached hydrogen (secondary N) is 1. The molecule has 0 fully saturated rings. The van der Waals surface area contributed by atoms with E-state index in [0.717, 1.165) is 22.3 Å². The second-order valence-corrected chi connectivity index (χ2v) is 7.67. The molecule has 130 valence electrons. The van der Waals surface area contributed by atoms with Crippen molar-refractivity contribution in [2.45, 2.75) is 31.6 Å². The zero-order valence-electron chi connectivity index (χ0n) is 14.6. The fraction of sp³-hybridized carbons (Fsp3) is 0.444. The lowest BCUT2D eigenvalue weighted by Gasteiger charge is -2.28. The van der Waals surface area contributed by atoms with Crippen molar-refractivity contribution in [1.82, 2.24) is 10.3 Å². The van der Waals surface area contributed by atoms with Crippen molar-refractivity contribution in [3.63, 3.8) is 0 Å². The molecule has 0 aliphatic heterocycles. The minimum atomic E-state index is -0.561. The summed E-state index contributed by atoms with van der Waals surface area (Å²) >= 11 is 1.58. The van der Waals surface area contributed by atoms with Crippen LogP contribution in [0.1, 0.15) is 19.5 Å². The van der Waals surface area contributed by atoms with Crippen molar-refractivity contribution < 1.29 is 9.53 Å². The average Bonchev–Trinajstić information content (AvgIpc) is 2.57. The molecule has 2 rings (SSSR count). The van der Waals surface area contributed by atoms with E-state index >= 15 is 0 Å². The van der Waals surface area contributed by atoms with Gasteiger partial charge in [0.1, 0.15) is 17.9 Å². The van der Waals surface area contributed by atoms with Gasteiger partial charge in [-0.3, -0.25) is 4.79 Å². The highest BCUT2D eigenvalue weighted by atomic mass is 32.2. The van der Waals surface area contributed by atoms with E-state index in [2.05, 4.69) is 10.3 Å². The Bertz CT molecular complexity index is 718. The molecule has 0 unspecified atom stereocenters. The Morgan fingerprint density at radius 2 is 2.12 bits per heavy atom. The van der Waals surface area contributed by atoms with Crippen LogP contribution in [0.5, 0.6) is 5.75 Å². The molecule has 5 nitrogen and oxygen atoms in total. The molecule has 0 saturated heterocycles. The number of hydrogen-bond acceptors (Lipinski definition) is 5. The van der Waals surface area contributed by atoms with Gasteiger partial charge in [0.05, 0.1) is 12.6 Å². The van der Waals surface area contributed by atoms with Gasteiger partial charge in [-0.05, 0) is 39.2 Å². The van der Waals surface area contributed by atoms with Gasteiger partial charge in [-0.2, -0.15) is 11.8 Å². The van der Waals surface area contributed by atoms with Crippen LogP contribution in [0.15, 0.2) is 30.3 Å². The number of ether oxygens (including phenoxy) is 1. The van der Waals surface area contributed by atoms with E-state index in [1.165, 1.54) is 0 Å². The monoisotopic (exact) mass is 347 g/mol. The highest BCUT2D eigenvalue weighted by Gasteiger charge is 2.30. The number of aromatic nitrogens is 1. The summed E-state index contributed by atoms with van der Waals surface area (Å²) in [5.74, 6) is 0.559. The molecule has 1 aromatic carbocycles. The molecule has 1 heterocycles. The van der Waals surface area contributed by atoms with E-state index in [0.29, 0.717) is 13.2 Å². The highest BCUT2D eigenvalue weighted by molar-refractivity contribution is 8.00. The van der Waals surface area contributed by atoms with E-state index < -0.39 is 6.04 Å². The van der Waals surface area contributed by atoms with Crippen molar-refractivity contribution in [3.8, 4) is 5.75 Å². The molecule has 0 aliphatic rings. The third-order valence-electron chi connectivity index (χ3n) is 4.04. The van der Waals surface area contributed by atoms with E-state index in [-0.39, 0.29) is 10.7 Å². The van der Waals surface area contributed by atoms with Crippen molar-refractivity contribution in [3.05, 3.63) is 36.0 Å². The zero-order valence-corrected chi connectivity index (χ0v) is 15.4. The van der Waals surface area contributed by atoms with Crippen molar-refractivity contribution >= 4 is 28.6 Å². The van der Waals surface area contributed by atoms with Crippen LogP contribution in [-0.4, -0.2) is 41.1 Å². The van der Waals surface area contributed by atoms with Crippen LogP contribution in [0.2, 0.25) is 0 Å². The molecule has 0 aliphatic carbocycles. The molecule has 1 aromatic heterocycles. The summed E-state index contributed by atoms with van der Waals surface area (Å²) in [4.78, 5) is 16.6. The predicted octanol–water partition coefficient (Wildman–Crippen LogP) is 2.51. The number of thioether (sulfide) groups is 1. The molecular formula is C18H25N3O2S. The van der Waals surface area contributed by atoms with Gasteiger partial charge in [0, 0.05) is 15.8 Å². The van der Waals surface area contributed by atoms with Gasteiger partial charge in [-0.25, -0.2) is 4.98 Å². The van der Waals surface area contributed by atoms with Gasteiger partial charge in [0.25, 0.3) is 0 Å². The topological polar surface area (TPSA) is 77.2 Å². The Hall–Kier alpha value is -1.79. The van der Waals surface area contributed by atoms with Crippen LogP contribution in [0.3, 0.4) is 0 Å². The summed E-state index contributed by atoms with van der Waals surface area (Å²) in [5, 5.41) is 3.86. The number of aryl methyl sites for hydroxylation is 1. The van der Waals surface area contributed by atoms with Crippen LogP contribution >= 0.6 is 11.8 Å². The standard InChI is InChI=1S/C18H25N3O2S/c1-12-8-9-13-6-5-7-14(15(13)21-12)23-11-10-20-17(22)16(19)18(2,3)24-4/h5-9,16H,10-11,19H2,1-4H3,(H,20,22)/t16-/m1/s1. The molecule has 2 aromatic rings. The van der Waals surface area contributed by atoms with E-state index in [4.69, 9.17) is 10.5 Å². The normalized spacial score (nSPS) is 12.9. The Kier molecular flexibility index (Phi) is 6.07. The number of carbonyl (C=O) groups is 1. The second kappa shape index (κ2) is 7.85. The van der Waals surface area contributed by atoms with Gasteiger partial charge < -0.3 is 15.8 Å². The first-order chi connectivity index (χ1) is 11.3. The van der Waals surface area contributed by atoms with Gasteiger partial charge in [-0.15, -0.1) is 0 Å². The Morgan fingerprint density at radius 1 is 1.38 bits per heavy atom. The summed E-state index contributed by atoms with van der Waals surface area (Å²) in [7, 11) is 0. The minimum Gasteiger partial charge on any atom is -0.489 e. The number of benzene rings is 1. The molecule has 0 bridgehead atoms. The van der Waals surface area contributed by atoms with Crippen LogP contribution in [0, 0.1) is 6.92 Å². The lowest BCUT2D eigenvalue weighted by molar-refractivity contribution is -0.122. The summed E-state index contributed by atoms with van der Waals surface area (Å²) in [6.45, 7) is 6.64. The first kappa shape index (κ1) is 18.5. The molecule has 6 heteroatoms. The molecule has 0 radical (unpaired) electrons. The van der Waals surface area contributed by atoms with Crippen LogP contribution in [-0.2, 0) is 4.79 Å². The molecule has 3 N–H and O–H groups in total. The molecule has 1 atom stereocenters. The lowest BCUT2D eigenvalue weighted by atomic mass is 10.0. The first-order valence-corrected chi connectivity index (χ1v) is 9.15. The molecule has 24 heavy (non-hydrogen) atoms. The van der Waals surface area contributed by atoms with Gasteiger partial charge in [0.2, 0.25) is 5.91 Å². The Balaban J connectivity index is 1.91. The van der Waals surface area contributed by atoms with E-state index in [1.54, 1.807) is 11.8 Å². The number of nitrogens with two attached hydrogens (primary N) is 1. The quantitative estimate of drug-likeness (QED) is 0.753. The molecule has 0 spiro atoms. The van der Waals surface area contributed by atoms with Crippen molar-refractivity contribution in [1.29, 1.82) is 0 Å². The van der Waals surface area contributed by atoms with Gasteiger partial charge in [0.15, 0.2) is 0 Å². The SMILES string of the molecule is CSC(C)(C)[C@H](N)C(=O)NCCOc1cccc2ccc(C)nc12. The first-order valence-electron chi connectivity index (χ1n) is 7.93. The third kappa shape index (κ3) is 4.39. The number of para-hydroxylation sites is 1. The van der Waals surface area contributed by atoms with E-state index in [1.807, 2.05) is 57.4 Å². The third-order valence-corrected chi connectivity index (χ3v) is 5.34. The average molecular weight is 347 g/mol. The minimum absolute atomic E-state index is 0.162. The molecule has 0 saturated carbocycles. The maximum Gasteiger partial charge on any atom is 0.238 e. The Morgan fingerprint density at radius 3 is 2.83 bits per heavy atom. The van der Waals surface area contributed by atoms with Crippen LogP contribution < -0.4 is 15.8 Å². The van der Waals surface area contributed by atoms with Gasteiger partial charge in [-0.1, -0.05) is 18.2 Å². The number of rotatable bonds is 7. The maximum atomic E-state index is 12.1. The Labute approximate surface area is 147 Å². The molecular weight excluding hydrogens is 322 g/mol. The summed E-state index contributed by atoms with van der Waals surface area (Å²) in [5.41, 5.74) is 7.79. The van der Waals surface area contributed by atoms with Crippen LogP contribution in [0.4, 0.5) is 0 Å². The number of amides is 1. The maximum absolute atomic E-state index is 12.1. The number of nitrogens with zero attached hydrogens (tertiary/aromatic N) is 1. The number of pyridine rings is 1. The molecule has 1 amide bonds. The predicted molar refractivity (Wildman–Crippen MR) is 101 cm³/mol. The number of hydrogen-bond donors (Lipinski definition) is 2. The largest absolute Gasteiger partial charge is 0.489 e. The summed E-state index contributed by atoms with van der Waals surface area (Å²) < 4.78 is 5.49.